The van der Waals surface area contributed by atoms with Crippen LogP contribution >= 0.6 is 11.6 Å². The maximum Gasteiger partial charge on any atom is 0.118 e. The van der Waals surface area contributed by atoms with E-state index in [0.29, 0.717) is 17.9 Å². The standard InChI is InChI=1S/C8H8BClO/c9-7-2-1-3-8(6-7)11-5-4-10/h1-3,6H,4-5H2. The molecule has 56 valence electrons. The zero-order valence-electron chi connectivity index (χ0n) is 6.09. The summed E-state index contributed by atoms with van der Waals surface area (Å²) in [5.41, 5.74) is 0.706. The minimum Gasteiger partial charge on any atom is -0.492 e. The monoisotopic (exact) mass is 166 g/mol. The number of hydrogen-bond acceptors (Lipinski definition) is 1. The Labute approximate surface area is 72.7 Å². The van der Waals surface area contributed by atoms with Crippen LogP contribution in [0.4, 0.5) is 0 Å². The van der Waals surface area contributed by atoms with Gasteiger partial charge in [-0.15, -0.1) is 11.6 Å². The first-order chi connectivity index (χ1) is 5.33. The van der Waals surface area contributed by atoms with E-state index >= 15 is 0 Å². The van der Waals surface area contributed by atoms with Gasteiger partial charge in [0.05, 0.1) is 5.88 Å². The van der Waals surface area contributed by atoms with E-state index < -0.39 is 0 Å². The van der Waals surface area contributed by atoms with Crippen LogP contribution in [0.15, 0.2) is 24.3 Å². The molecule has 0 unspecified atom stereocenters. The van der Waals surface area contributed by atoms with E-state index in [9.17, 15) is 0 Å². The van der Waals surface area contributed by atoms with E-state index in [1.54, 1.807) is 6.07 Å². The first-order valence-corrected chi connectivity index (χ1v) is 3.90. The summed E-state index contributed by atoms with van der Waals surface area (Å²) in [4.78, 5) is 0. The summed E-state index contributed by atoms with van der Waals surface area (Å²) >= 11 is 5.43. The van der Waals surface area contributed by atoms with Gasteiger partial charge >= 0.3 is 0 Å². The zero-order chi connectivity index (χ0) is 8.10. The van der Waals surface area contributed by atoms with E-state index in [4.69, 9.17) is 24.2 Å². The molecule has 0 spiro atoms. The van der Waals surface area contributed by atoms with Gasteiger partial charge in [-0.1, -0.05) is 17.6 Å². The predicted octanol–water partition coefficient (Wildman–Crippen LogP) is 1.10. The molecule has 1 aromatic rings. The lowest BCUT2D eigenvalue weighted by atomic mass is 9.96. The second kappa shape index (κ2) is 4.29. The van der Waals surface area contributed by atoms with Crippen LogP contribution in [0.3, 0.4) is 0 Å². The molecule has 0 aliphatic carbocycles. The molecular weight excluding hydrogens is 158 g/mol. The van der Waals surface area contributed by atoms with Crippen LogP contribution < -0.4 is 10.2 Å². The average molecular weight is 166 g/mol. The predicted molar refractivity (Wildman–Crippen MR) is 48.0 cm³/mol. The van der Waals surface area contributed by atoms with Crippen molar-refractivity contribution in [3.63, 3.8) is 0 Å². The van der Waals surface area contributed by atoms with Gasteiger partial charge in [0, 0.05) is 0 Å². The molecule has 1 nitrogen and oxygen atoms in total. The van der Waals surface area contributed by atoms with Crippen molar-refractivity contribution >= 4 is 24.9 Å². The van der Waals surface area contributed by atoms with Crippen LogP contribution in [0.5, 0.6) is 5.75 Å². The topological polar surface area (TPSA) is 9.23 Å². The van der Waals surface area contributed by atoms with Gasteiger partial charge in [0.25, 0.3) is 0 Å². The molecule has 2 radical (unpaired) electrons. The molecule has 0 amide bonds. The van der Waals surface area contributed by atoms with Crippen LogP contribution in [0, 0.1) is 0 Å². The van der Waals surface area contributed by atoms with Crippen molar-refractivity contribution in [2.24, 2.45) is 0 Å². The van der Waals surface area contributed by atoms with Gasteiger partial charge in [-0.2, -0.15) is 0 Å². The van der Waals surface area contributed by atoms with Crippen molar-refractivity contribution in [1.82, 2.24) is 0 Å². The largest absolute Gasteiger partial charge is 0.492 e. The third-order valence-corrected chi connectivity index (χ3v) is 1.36. The second-order valence-electron chi connectivity index (χ2n) is 2.11. The van der Waals surface area contributed by atoms with Gasteiger partial charge in [0.15, 0.2) is 0 Å². The Hall–Kier alpha value is -0.625. The van der Waals surface area contributed by atoms with Gasteiger partial charge < -0.3 is 4.74 Å². The van der Waals surface area contributed by atoms with Gasteiger partial charge in [-0.05, 0) is 12.1 Å². The first kappa shape index (κ1) is 8.47. The Morgan fingerprint density at radius 2 is 2.27 bits per heavy atom. The molecule has 0 aromatic heterocycles. The Morgan fingerprint density at radius 3 is 2.91 bits per heavy atom. The minimum absolute atomic E-state index is 0.495. The summed E-state index contributed by atoms with van der Waals surface area (Å²) in [6.45, 7) is 0.519. The summed E-state index contributed by atoms with van der Waals surface area (Å²) in [6, 6.07) is 7.28. The van der Waals surface area contributed by atoms with Crippen LogP contribution in [-0.4, -0.2) is 20.3 Å². The highest BCUT2D eigenvalue weighted by Gasteiger charge is 1.90. The van der Waals surface area contributed by atoms with Crippen LogP contribution in [-0.2, 0) is 0 Å². The highest BCUT2D eigenvalue weighted by Crippen LogP contribution is 2.05. The Morgan fingerprint density at radius 1 is 1.45 bits per heavy atom. The highest BCUT2D eigenvalue weighted by atomic mass is 35.5. The Bertz CT molecular complexity index is 227. The van der Waals surface area contributed by atoms with E-state index in [2.05, 4.69) is 0 Å². The maximum absolute atomic E-state index is 5.52. The van der Waals surface area contributed by atoms with Crippen LogP contribution in [0.25, 0.3) is 0 Å². The number of ether oxygens (including phenoxy) is 1. The lowest BCUT2D eigenvalue weighted by molar-refractivity contribution is 0.343. The number of alkyl halides is 1. The van der Waals surface area contributed by atoms with Crippen molar-refractivity contribution in [1.29, 1.82) is 0 Å². The van der Waals surface area contributed by atoms with Gasteiger partial charge in [0.2, 0.25) is 0 Å². The third-order valence-electron chi connectivity index (χ3n) is 1.20. The fourth-order valence-corrected chi connectivity index (χ4v) is 0.838. The molecule has 0 N–H and O–H groups in total. The van der Waals surface area contributed by atoms with E-state index in [-0.39, 0.29) is 0 Å². The summed E-state index contributed by atoms with van der Waals surface area (Å²) in [5.74, 6) is 1.26. The Kier molecular flexibility index (Phi) is 3.31. The molecule has 3 heteroatoms. The van der Waals surface area contributed by atoms with Crippen molar-refractivity contribution < 1.29 is 4.74 Å². The molecule has 0 aliphatic heterocycles. The molecule has 1 rings (SSSR count). The van der Waals surface area contributed by atoms with Gasteiger partial charge in [0.1, 0.15) is 20.2 Å². The van der Waals surface area contributed by atoms with Gasteiger partial charge in [-0.3, -0.25) is 0 Å². The molecule has 0 bridgehead atoms. The summed E-state index contributed by atoms with van der Waals surface area (Å²) in [6.07, 6.45) is 0. The highest BCUT2D eigenvalue weighted by molar-refractivity contribution is 6.32. The number of benzene rings is 1. The SMILES string of the molecule is [B]c1cccc(OCCCl)c1. The molecular formula is C8H8BClO. The Balaban J connectivity index is 2.56. The fourth-order valence-electron chi connectivity index (χ4n) is 0.761. The molecule has 0 aliphatic rings. The van der Waals surface area contributed by atoms with Crippen LogP contribution in [0.1, 0.15) is 0 Å². The van der Waals surface area contributed by atoms with Crippen molar-refractivity contribution in [2.75, 3.05) is 12.5 Å². The van der Waals surface area contributed by atoms with Crippen molar-refractivity contribution in [3.8, 4) is 5.75 Å². The normalized spacial score (nSPS) is 9.55. The quantitative estimate of drug-likeness (QED) is 0.483. The molecule has 0 fully saturated rings. The van der Waals surface area contributed by atoms with Crippen molar-refractivity contribution in [3.05, 3.63) is 24.3 Å². The lowest BCUT2D eigenvalue weighted by Crippen LogP contribution is -2.04. The number of hydrogen-bond donors (Lipinski definition) is 0. The molecule has 1 aromatic carbocycles. The average Bonchev–Trinajstić information content (AvgIpc) is 2.01. The van der Waals surface area contributed by atoms with Gasteiger partial charge in [-0.25, -0.2) is 0 Å². The number of halogens is 1. The first-order valence-electron chi connectivity index (χ1n) is 3.37. The van der Waals surface area contributed by atoms with E-state index in [1.807, 2.05) is 18.2 Å². The van der Waals surface area contributed by atoms with E-state index in [1.165, 1.54) is 0 Å². The molecule has 0 saturated carbocycles. The van der Waals surface area contributed by atoms with E-state index in [0.717, 1.165) is 5.75 Å². The second-order valence-corrected chi connectivity index (χ2v) is 2.49. The fraction of sp³-hybridized carbons (Fsp3) is 0.250. The van der Waals surface area contributed by atoms with Crippen molar-refractivity contribution in [2.45, 2.75) is 0 Å². The summed E-state index contributed by atoms with van der Waals surface area (Å²) in [7, 11) is 5.52. The molecule has 11 heavy (non-hydrogen) atoms. The molecule has 0 heterocycles. The molecule has 0 saturated heterocycles. The molecule has 0 atom stereocenters. The minimum atomic E-state index is 0.495. The summed E-state index contributed by atoms with van der Waals surface area (Å²) in [5, 5.41) is 0. The number of rotatable bonds is 3. The third kappa shape index (κ3) is 2.85. The smallest absolute Gasteiger partial charge is 0.118 e. The van der Waals surface area contributed by atoms with Crippen LogP contribution in [0.2, 0.25) is 0 Å². The maximum atomic E-state index is 5.52. The lowest BCUT2D eigenvalue weighted by Gasteiger charge is -2.03. The zero-order valence-corrected chi connectivity index (χ0v) is 6.84. The summed E-state index contributed by atoms with van der Waals surface area (Å²) < 4.78 is 5.22.